The van der Waals surface area contributed by atoms with Crippen molar-refractivity contribution in [1.29, 1.82) is 0 Å². The van der Waals surface area contributed by atoms with Gasteiger partial charge in [-0.1, -0.05) is 25.1 Å². The van der Waals surface area contributed by atoms with Crippen LogP contribution in [0.25, 0.3) is 0 Å². The Balaban J connectivity index is 2.13. The van der Waals surface area contributed by atoms with E-state index in [2.05, 4.69) is 15.3 Å². The predicted octanol–water partition coefficient (Wildman–Crippen LogP) is 3.35. The fraction of sp³-hybridized carbons (Fsp3) is 0.357. The summed E-state index contributed by atoms with van der Waals surface area (Å²) in [6.45, 7) is 4.06. The Morgan fingerprint density at radius 2 is 2.17 bits per heavy atom. The molecule has 0 spiro atoms. The average molecular weight is 247 g/mol. The summed E-state index contributed by atoms with van der Waals surface area (Å²) in [5.74, 6) is 0.702. The van der Waals surface area contributed by atoms with Crippen LogP contribution >= 0.6 is 0 Å². The van der Waals surface area contributed by atoms with Crippen molar-refractivity contribution in [1.82, 2.24) is 15.3 Å². The maximum atomic E-state index is 13.8. The Hall–Kier alpha value is -1.68. The van der Waals surface area contributed by atoms with Gasteiger partial charge in [0.2, 0.25) is 0 Å². The van der Waals surface area contributed by atoms with Crippen molar-refractivity contribution in [3.05, 3.63) is 53.9 Å². The molecule has 0 fully saturated rings. The highest BCUT2D eigenvalue weighted by Gasteiger charge is 2.17. The van der Waals surface area contributed by atoms with Gasteiger partial charge in [0.05, 0.1) is 6.04 Å². The normalized spacial score (nSPS) is 14.4. The van der Waals surface area contributed by atoms with E-state index < -0.39 is 0 Å². The number of hydrogen-bond donors (Lipinski definition) is 2. The molecule has 1 aromatic heterocycles. The lowest BCUT2D eigenvalue weighted by molar-refractivity contribution is 0.429. The molecule has 96 valence electrons. The van der Waals surface area contributed by atoms with Crippen LogP contribution in [0, 0.1) is 5.82 Å². The van der Waals surface area contributed by atoms with E-state index in [1.165, 1.54) is 6.07 Å². The van der Waals surface area contributed by atoms with Gasteiger partial charge in [0.1, 0.15) is 11.6 Å². The van der Waals surface area contributed by atoms with Crippen molar-refractivity contribution in [2.75, 3.05) is 0 Å². The maximum Gasteiger partial charge on any atom is 0.127 e. The highest BCUT2D eigenvalue weighted by atomic mass is 19.1. The average Bonchev–Trinajstić information content (AvgIpc) is 2.90. The van der Waals surface area contributed by atoms with E-state index in [0.717, 1.165) is 12.2 Å². The zero-order valence-corrected chi connectivity index (χ0v) is 10.7. The number of halogens is 1. The molecule has 3 nitrogen and oxygen atoms in total. The molecule has 2 atom stereocenters. The molecule has 18 heavy (non-hydrogen) atoms. The van der Waals surface area contributed by atoms with Gasteiger partial charge in [0.15, 0.2) is 0 Å². The van der Waals surface area contributed by atoms with Crippen LogP contribution in [0.3, 0.4) is 0 Å². The molecule has 0 radical (unpaired) electrons. The molecule has 4 heteroatoms. The largest absolute Gasteiger partial charge is 0.347 e. The Kier molecular flexibility index (Phi) is 4.10. The van der Waals surface area contributed by atoms with E-state index >= 15 is 0 Å². The van der Waals surface area contributed by atoms with Crippen LogP contribution in [-0.2, 0) is 0 Å². The maximum absolute atomic E-state index is 13.8. The fourth-order valence-electron chi connectivity index (χ4n) is 2.08. The molecule has 0 amide bonds. The molecule has 2 unspecified atom stereocenters. The second-order valence-corrected chi connectivity index (χ2v) is 4.35. The molecule has 1 heterocycles. The third kappa shape index (κ3) is 2.76. The predicted molar refractivity (Wildman–Crippen MR) is 69.6 cm³/mol. The molecule has 0 saturated carbocycles. The van der Waals surface area contributed by atoms with Gasteiger partial charge in [0.25, 0.3) is 0 Å². The number of imidazole rings is 1. The first kappa shape index (κ1) is 12.8. The smallest absolute Gasteiger partial charge is 0.127 e. The van der Waals surface area contributed by atoms with Crippen molar-refractivity contribution < 1.29 is 4.39 Å². The summed E-state index contributed by atoms with van der Waals surface area (Å²) < 4.78 is 13.8. The Morgan fingerprint density at radius 1 is 1.39 bits per heavy atom. The minimum absolute atomic E-state index is 0.00806. The summed E-state index contributed by atoms with van der Waals surface area (Å²) in [5.41, 5.74) is 0.707. The Labute approximate surface area is 106 Å². The van der Waals surface area contributed by atoms with Crippen molar-refractivity contribution in [2.45, 2.75) is 32.4 Å². The molecular weight excluding hydrogens is 229 g/mol. The van der Waals surface area contributed by atoms with Gasteiger partial charge >= 0.3 is 0 Å². The van der Waals surface area contributed by atoms with E-state index in [9.17, 15) is 4.39 Å². The van der Waals surface area contributed by atoms with Gasteiger partial charge in [-0.05, 0) is 19.4 Å². The van der Waals surface area contributed by atoms with Crippen LogP contribution in [0.4, 0.5) is 4.39 Å². The zero-order valence-electron chi connectivity index (χ0n) is 10.7. The second kappa shape index (κ2) is 5.78. The first-order chi connectivity index (χ1) is 8.72. The fourth-order valence-corrected chi connectivity index (χ4v) is 2.08. The van der Waals surface area contributed by atoms with Crippen LogP contribution < -0.4 is 5.32 Å². The topological polar surface area (TPSA) is 40.7 Å². The zero-order chi connectivity index (χ0) is 13.0. The monoisotopic (exact) mass is 247 g/mol. The molecule has 0 bridgehead atoms. The SMILES string of the molecule is CCC(NC(C)c1ncc[nH]1)c1ccccc1F. The van der Waals surface area contributed by atoms with Crippen molar-refractivity contribution in [2.24, 2.45) is 0 Å². The number of aromatic amines is 1. The summed E-state index contributed by atoms with van der Waals surface area (Å²) in [6.07, 6.45) is 4.33. The summed E-state index contributed by atoms with van der Waals surface area (Å²) >= 11 is 0. The van der Waals surface area contributed by atoms with Crippen molar-refractivity contribution in [3.63, 3.8) is 0 Å². The quantitative estimate of drug-likeness (QED) is 0.850. The highest BCUT2D eigenvalue weighted by molar-refractivity contribution is 5.21. The number of rotatable bonds is 5. The van der Waals surface area contributed by atoms with E-state index in [1.54, 1.807) is 18.5 Å². The minimum Gasteiger partial charge on any atom is -0.347 e. The van der Waals surface area contributed by atoms with Gasteiger partial charge in [0, 0.05) is 24.0 Å². The van der Waals surface area contributed by atoms with Crippen LogP contribution in [0.2, 0.25) is 0 Å². The first-order valence-electron chi connectivity index (χ1n) is 6.22. The summed E-state index contributed by atoms with van der Waals surface area (Å²) in [4.78, 5) is 7.27. The molecule has 0 aliphatic rings. The third-order valence-electron chi connectivity index (χ3n) is 3.07. The summed E-state index contributed by atoms with van der Waals surface area (Å²) in [7, 11) is 0. The molecule has 0 aliphatic carbocycles. The standard InChI is InChI=1S/C14H18FN3/c1-3-13(11-6-4-5-7-12(11)15)18-10(2)14-16-8-9-17-14/h4-10,13,18H,3H2,1-2H3,(H,16,17). The number of hydrogen-bond acceptors (Lipinski definition) is 2. The molecule has 0 saturated heterocycles. The molecule has 1 aromatic carbocycles. The molecule has 0 aliphatic heterocycles. The van der Waals surface area contributed by atoms with Gasteiger partial charge in [-0.2, -0.15) is 0 Å². The van der Waals surface area contributed by atoms with Crippen LogP contribution in [0.1, 0.15) is 43.7 Å². The lowest BCUT2D eigenvalue weighted by atomic mass is 10.0. The number of nitrogens with one attached hydrogen (secondary N) is 2. The highest BCUT2D eigenvalue weighted by Crippen LogP contribution is 2.22. The lowest BCUT2D eigenvalue weighted by Crippen LogP contribution is -2.25. The second-order valence-electron chi connectivity index (χ2n) is 4.35. The lowest BCUT2D eigenvalue weighted by Gasteiger charge is -2.22. The van der Waals surface area contributed by atoms with Gasteiger partial charge < -0.3 is 10.3 Å². The van der Waals surface area contributed by atoms with Crippen molar-refractivity contribution in [3.8, 4) is 0 Å². The third-order valence-corrected chi connectivity index (χ3v) is 3.07. The van der Waals surface area contributed by atoms with E-state index in [-0.39, 0.29) is 17.9 Å². The van der Waals surface area contributed by atoms with Gasteiger partial charge in [-0.15, -0.1) is 0 Å². The van der Waals surface area contributed by atoms with E-state index in [1.807, 2.05) is 26.0 Å². The molecular formula is C14H18FN3. The van der Waals surface area contributed by atoms with Crippen molar-refractivity contribution >= 4 is 0 Å². The van der Waals surface area contributed by atoms with Crippen LogP contribution in [0.15, 0.2) is 36.7 Å². The van der Waals surface area contributed by atoms with E-state index in [4.69, 9.17) is 0 Å². The molecule has 2 aromatic rings. The first-order valence-corrected chi connectivity index (χ1v) is 6.22. The number of aromatic nitrogens is 2. The molecule has 2 N–H and O–H groups in total. The van der Waals surface area contributed by atoms with Crippen LogP contribution in [0.5, 0.6) is 0 Å². The van der Waals surface area contributed by atoms with Crippen LogP contribution in [-0.4, -0.2) is 9.97 Å². The number of H-pyrrole nitrogens is 1. The Morgan fingerprint density at radius 3 is 2.78 bits per heavy atom. The van der Waals surface area contributed by atoms with Gasteiger partial charge in [-0.3, -0.25) is 0 Å². The molecule has 2 rings (SSSR count). The summed E-state index contributed by atoms with van der Waals surface area (Å²) in [5, 5.41) is 3.39. The Bertz CT molecular complexity index is 482. The number of benzene rings is 1. The van der Waals surface area contributed by atoms with Gasteiger partial charge in [-0.25, -0.2) is 9.37 Å². The van der Waals surface area contributed by atoms with E-state index in [0.29, 0.717) is 5.56 Å². The number of nitrogens with zero attached hydrogens (tertiary/aromatic N) is 1. The summed E-state index contributed by atoms with van der Waals surface area (Å²) in [6, 6.07) is 6.94. The minimum atomic E-state index is -0.163.